The number of halogens is 2. The molecule has 0 saturated heterocycles. The molecule has 0 fully saturated rings. The summed E-state index contributed by atoms with van der Waals surface area (Å²) in [6.07, 6.45) is 5.08. The fraction of sp³-hybridized carbons (Fsp3) is 0.158. The molecular weight excluding hydrogens is 443 g/mol. The molecule has 2 heterocycles. The lowest BCUT2D eigenvalue weighted by atomic mass is 10.2. The molecule has 1 aliphatic heterocycles. The van der Waals surface area contributed by atoms with Crippen molar-refractivity contribution in [2.75, 3.05) is 25.6 Å². The zero-order valence-electron chi connectivity index (χ0n) is 15.4. The Morgan fingerprint density at radius 3 is 2.86 bits per heavy atom. The van der Waals surface area contributed by atoms with Gasteiger partial charge in [0.05, 0.1) is 24.9 Å². The van der Waals surface area contributed by atoms with Crippen LogP contribution in [0.2, 0.25) is 0 Å². The van der Waals surface area contributed by atoms with E-state index < -0.39 is 5.82 Å². The third-order valence-electron chi connectivity index (χ3n) is 4.24. The maximum absolute atomic E-state index is 14.2. The molecule has 0 aliphatic carbocycles. The lowest BCUT2D eigenvalue weighted by molar-refractivity contribution is 0.204. The number of aromatic nitrogens is 2. The van der Waals surface area contributed by atoms with Crippen LogP contribution in [0, 0.1) is 5.82 Å². The van der Waals surface area contributed by atoms with Crippen LogP contribution in [-0.4, -0.2) is 35.2 Å². The van der Waals surface area contributed by atoms with E-state index in [9.17, 15) is 4.39 Å². The van der Waals surface area contributed by atoms with Crippen LogP contribution in [0.4, 0.5) is 15.9 Å². The van der Waals surface area contributed by atoms with Crippen LogP contribution in [0.3, 0.4) is 0 Å². The third-order valence-corrected chi connectivity index (χ3v) is 4.73. The molecule has 0 atom stereocenters. The van der Waals surface area contributed by atoms with Gasteiger partial charge in [-0.25, -0.2) is 14.4 Å². The van der Waals surface area contributed by atoms with Gasteiger partial charge in [0.2, 0.25) is 0 Å². The molecule has 3 aromatic rings. The molecule has 150 valence electrons. The molecule has 0 radical (unpaired) electrons. The highest BCUT2D eigenvalue weighted by Gasteiger charge is 2.14. The Kier molecular flexibility index (Phi) is 5.63. The number of fused-ring (bicyclic) bond motifs is 1. The molecular formula is C19H18BrFN6O2. The van der Waals surface area contributed by atoms with E-state index in [-0.39, 0.29) is 0 Å². The molecule has 29 heavy (non-hydrogen) atoms. The summed E-state index contributed by atoms with van der Waals surface area (Å²) in [7, 11) is 1.56. The zero-order valence-corrected chi connectivity index (χ0v) is 17.0. The Bertz CT molecular complexity index is 1060. The van der Waals surface area contributed by atoms with Crippen molar-refractivity contribution in [2.24, 2.45) is 0 Å². The summed E-state index contributed by atoms with van der Waals surface area (Å²) < 4.78 is 26.2. The molecule has 0 bridgehead atoms. The summed E-state index contributed by atoms with van der Waals surface area (Å²) in [5, 5.41) is 5.56. The van der Waals surface area contributed by atoms with Crippen LogP contribution >= 0.6 is 15.9 Å². The number of hydrogen-bond acceptors (Lipinski definition) is 8. The van der Waals surface area contributed by atoms with Crippen LogP contribution in [0.15, 0.2) is 53.5 Å². The van der Waals surface area contributed by atoms with Gasteiger partial charge in [0, 0.05) is 28.3 Å². The maximum Gasteiger partial charge on any atom is 0.163 e. The molecule has 1 aromatic heterocycles. The fourth-order valence-electron chi connectivity index (χ4n) is 2.82. The Balaban J connectivity index is 1.59. The Labute approximate surface area is 174 Å². The molecule has 0 amide bonds. The van der Waals surface area contributed by atoms with Crippen LogP contribution in [0.25, 0.3) is 10.9 Å². The van der Waals surface area contributed by atoms with Gasteiger partial charge in [0.1, 0.15) is 24.6 Å². The van der Waals surface area contributed by atoms with E-state index in [1.54, 1.807) is 37.6 Å². The number of nitrogens with one attached hydrogen (secondary N) is 3. The molecule has 10 heteroatoms. The maximum atomic E-state index is 14.2. The number of hydrazine groups is 2. The van der Waals surface area contributed by atoms with Gasteiger partial charge in [0.25, 0.3) is 0 Å². The highest BCUT2D eigenvalue weighted by Crippen LogP contribution is 2.35. The van der Waals surface area contributed by atoms with Crippen LogP contribution in [0.1, 0.15) is 0 Å². The van der Waals surface area contributed by atoms with Gasteiger partial charge in [-0.05, 0) is 24.3 Å². The number of hydrogen-bond donors (Lipinski definition) is 3. The molecule has 8 nitrogen and oxygen atoms in total. The van der Waals surface area contributed by atoms with Crippen molar-refractivity contribution in [1.82, 2.24) is 25.9 Å². The molecule has 1 aliphatic rings. The molecule has 2 aromatic carbocycles. The van der Waals surface area contributed by atoms with Gasteiger partial charge in [-0.3, -0.25) is 5.01 Å². The minimum atomic E-state index is -0.392. The van der Waals surface area contributed by atoms with Crippen molar-refractivity contribution in [3.8, 4) is 11.5 Å². The number of methoxy groups -OCH3 is 1. The first-order valence-corrected chi connectivity index (χ1v) is 9.55. The summed E-state index contributed by atoms with van der Waals surface area (Å²) in [6.45, 7) is 1.06. The van der Waals surface area contributed by atoms with E-state index in [0.29, 0.717) is 51.5 Å². The van der Waals surface area contributed by atoms with Crippen molar-refractivity contribution < 1.29 is 13.9 Å². The van der Waals surface area contributed by atoms with Crippen molar-refractivity contribution in [1.29, 1.82) is 0 Å². The van der Waals surface area contributed by atoms with Gasteiger partial charge < -0.3 is 20.2 Å². The summed E-state index contributed by atoms with van der Waals surface area (Å²) in [4.78, 5) is 8.57. The lowest BCUT2D eigenvalue weighted by Crippen LogP contribution is -2.37. The second-order valence-electron chi connectivity index (χ2n) is 6.11. The smallest absolute Gasteiger partial charge is 0.163 e. The first kappa shape index (κ1) is 19.2. The number of nitrogens with zero attached hydrogens (tertiary/aromatic N) is 3. The predicted molar refractivity (Wildman–Crippen MR) is 111 cm³/mol. The van der Waals surface area contributed by atoms with Gasteiger partial charge >= 0.3 is 0 Å². The SMILES string of the molecule is COc1cc2c(Nc3ccc(Br)cc3F)ncnc2cc1OCCN1C=CNN1. The monoisotopic (exact) mass is 460 g/mol. The molecule has 0 unspecified atom stereocenters. The Morgan fingerprint density at radius 1 is 1.21 bits per heavy atom. The Morgan fingerprint density at radius 2 is 2.10 bits per heavy atom. The summed E-state index contributed by atoms with van der Waals surface area (Å²) >= 11 is 3.25. The quantitative estimate of drug-likeness (QED) is 0.494. The first-order valence-electron chi connectivity index (χ1n) is 8.76. The van der Waals surface area contributed by atoms with Crippen molar-refractivity contribution in [2.45, 2.75) is 0 Å². The topological polar surface area (TPSA) is 83.6 Å². The highest BCUT2D eigenvalue weighted by molar-refractivity contribution is 9.10. The Hall–Kier alpha value is -3.11. The minimum absolute atomic E-state index is 0.312. The van der Waals surface area contributed by atoms with Crippen LogP contribution in [-0.2, 0) is 0 Å². The lowest BCUT2D eigenvalue weighted by Gasteiger charge is -2.17. The largest absolute Gasteiger partial charge is 0.493 e. The average molecular weight is 461 g/mol. The molecule has 3 N–H and O–H groups in total. The molecule has 0 spiro atoms. The van der Waals surface area contributed by atoms with E-state index in [1.165, 1.54) is 12.4 Å². The van der Waals surface area contributed by atoms with E-state index in [4.69, 9.17) is 9.47 Å². The fourth-order valence-corrected chi connectivity index (χ4v) is 3.16. The normalized spacial score (nSPS) is 12.9. The second kappa shape index (κ2) is 8.50. The van der Waals surface area contributed by atoms with Gasteiger partial charge in [0.15, 0.2) is 11.5 Å². The van der Waals surface area contributed by atoms with Gasteiger partial charge in [-0.2, -0.15) is 0 Å². The van der Waals surface area contributed by atoms with Gasteiger partial charge in [-0.1, -0.05) is 15.9 Å². The molecule has 4 rings (SSSR count). The number of ether oxygens (including phenoxy) is 2. The summed E-state index contributed by atoms with van der Waals surface area (Å²) in [5.74, 6) is 1.18. The second-order valence-corrected chi connectivity index (χ2v) is 7.02. The van der Waals surface area contributed by atoms with Crippen molar-refractivity contribution in [3.05, 3.63) is 59.3 Å². The van der Waals surface area contributed by atoms with Gasteiger partial charge in [-0.15, -0.1) is 5.53 Å². The molecule has 0 saturated carbocycles. The van der Waals surface area contributed by atoms with E-state index >= 15 is 0 Å². The van der Waals surface area contributed by atoms with E-state index in [2.05, 4.69) is 42.2 Å². The van der Waals surface area contributed by atoms with Crippen molar-refractivity contribution >= 4 is 38.3 Å². The van der Waals surface area contributed by atoms with E-state index in [1.807, 2.05) is 11.2 Å². The zero-order chi connectivity index (χ0) is 20.2. The summed E-state index contributed by atoms with van der Waals surface area (Å²) in [6, 6.07) is 8.33. The van der Waals surface area contributed by atoms with Crippen molar-refractivity contribution in [3.63, 3.8) is 0 Å². The highest BCUT2D eigenvalue weighted by atomic mass is 79.9. The number of benzene rings is 2. The van der Waals surface area contributed by atoms with Crippen LogP contribution in [0.5, 0.6) is 11.5 Å². The third kappa shape index (κ3) is 4.33. The first-order chi connectivity index (χ1) is 14.1. The standard InChI is InChI=1S/C19H18BrFN6O2/c1-28-17-9-13-16(10-18(17)29-7-6-27-5-4-24-26-27)22-11-23-19(13)25-15-3-2-12(20)8-14(15)21/h2-5,8-11,24,26H,6-7H2,1H3,(H,22,23,25). The summed E-state index contributed by atoms with van der Waals surface area (Å²) in [5.41, 5.74) is 6.76. The predicted octanol–water partition coefficient (Wildman–Crippen LogP) is 3.46. The van der Waals surface area contributed by atoms with Crippen LogP contribution < -0.4 is 25.8 Å². The number of rotatable bonds is 7. The average Bonchev–Trinajstić information content (AvgIpc) is 3.23. The van der Waals surface area contributed by atoms with E-state index in [0.717, 1.165) is 0 Å². The minimum Gasteiger partial charge on any atom is -0.493 e. The number of anilines is 2.